The van der Waals surface area contributed by atoms with Crippen LogP contribution in [0.25, 0.3) is 0 Å². The zero-order valence-electron chi connectivity index (χ0n) is 26.5. The van der Waals surface area contributed by atoms with Crippen molar-refractivity contribution in [2.45, 2.75) is 63.0 Å². The number of rotatable bonds is 3. The standard InChI is InChI=1S/C35H39ClN4O5S2/c1-22-5-3-7-31(44-2)27-10-12-29(27)40-20-35(14-4-6-23-15-26(36)9-11-28(23)35)21-45-32-13-8-24(16-30(32)40)33(41)38-47(43,19-22)39-34(42)25-17-37-46-18-25/h3,7-9,11,13,15-18,22,27,29,31H,4-6,10,12,14,19-21H2,1-2H3,(H,38,39,41,42,43)/b7-3+/t22-,27+,29?,31-,35-,47?/m0/s1. The van der Waals surface area contributed by atoms with E-state index in [0.717, 1.165) is 54.3 Å². The fraction of sp³-hybridized carbons (Fsp3) is 0.457. The summed E-state index contributed by atoms with van der Waals surface area (Å²) in [4.78, 5) is 29.3. The third kappa shape index (κ3) is 6.35. The molecule has 1 aromatic heterocycles. The molecule has 2 aliphatic carbocycles. The molecule has 2 aliphatic heterocycles. The molecular formula is C35H39ClN4O5S2. The second kappa shape index (κ2) is 13.0. The van der Waals surface area contributed by atoms with Gasteiger partial charge in [-0.3, -0.25) is 14.3 Å². The highest BCUT2D eigenvalue weighted by atomic mass is 35.5. The molecule has 2 aromatic carbocycles. The van der Waals surface area contributed by atoms with Crippen molar-refractivity contribution < 1.29 is 23.3 Å². The quantitative estimate of drug-likeness (QED) is 0.307. The van der Waals surface area contributed by atoms with E-state index in [2.05, 4.69) is 42.6 Å². The average molecular weight is 695 g/mol. The van der Waals surface area contributed by atoms with Crippen LogP contribution >= 0.6 is 23.1 Å². The predicted molar refractivity (Wildman–Crippen MR) is 185 cm³/mol. The minimum atomic E-state index is -3.48. The van der Waals surface area contributed by atoms with Gasteiger partial charge in [-0.05, 0) is 97.4 Å². The summed E-state index contributed by atoms with van der Waals surface area (Å²) in [5.74, 6) is -0.397. The first-order chi connectivity index (χ1) is 22.7. The van der Waals surface area contributed by atoms with Crippen molar-refractivity contribution in [3.63, 3.8) is 0 Å². The van der Waals surface area contributed by atoms with Crippen LogP contribution in [0, 0.1) is 11.8 Å². The zero-order chi connectivity index (χ0) is 32.8. The van der Waals surface area contributed by atoms with E-state index in [-0.39, 0.29) is 40.7 Å². The highest BCUT2D eigenvalue weighted by Gasteiger charge is 2.47. The van der Waals surface area contributed by atoms with Crippen molar-refractivity contribution in [1.29, 1.82) is 0 Å². The molecule has 248 valence electrons. The van der Waals surface area contributed by atoms with E-state index in [1.807, 2.05) is 25.1 Å². The molecule has 1 spiro atoms. The number of hydrogen-bond donors (Lipinski definition) is 1. The van der Waals surface area contributed by atoms with Gasteiger partial charge in [0.05, 0.1) is 35.9 Å². The van der Waals surface area contributed by atoms with Crippen LogP contribution in [0.3, 0.4) is 0 Å². The Hall–Kier alpha value is -3.25. The molecule has 47 heavy (non-hydrogen) atoms. The van der Waals surface area contributed by atoms with Gasteiger partial charge in [-0.2, -0.15) is 0 Å². The molecule has 0 saturated heterocycles. The van der Waals surface area contributed by atoms with Crippen LogP contribution in [0.4, 0.5) is 5.69 Å². The minimum Gasteiger partial charge on any atom is -0.490 e. The maximum absolute atomic E-state index is 14.3. The topological polar surface area (TPSA) is 110 Å². The van der Waals surface area contributed by atoms with Crippen LogP contribution in [0.15, 0.2) is 64.5 Å². The maximum atomic E-state index is 14.3. The summed E-state index contributed by atoms with van der Waals surface area (Å²) >= 11 is 7.56. The molecule has 3 heterocycles. The lowest BCUT2D eigenvalue weighted by Crippen LogP contribution is -2.56. The summed E-state index contributed by atoms with van der Waals surface area (Å²) in [5, 5.41) is 2.31. The smallest absolute Gasteiger partial charge is 0.286 e. The number of aromatic nitrogens is 1. The molecular weight excluding hydrogens is 656 g/mol. The van der Waals surface area contributed by atoms with Gasteiger partial charge in [-0.25, -0.2) is 8.58 Å². The van der Waals surface area contributed by atoms with Crippen LogP contribution in [0.1, 0.15) is 70.9 Å². The molecule has 3 aromatic rings. The molecule has 7 rings (SSSR count). The summed E-state index contributed by atoms with van der Waals surface area (Å²) in [6.07, 6.45) is 11.0. The number of benzene rings is 2. The largest absolute Gasteiger partial charge is 0.490 e. The van der Waals surface area contributed by atoms with E-state index in [1.54, 1.807) is 18.6 Å². The van der Waals surface area contributed by atoms with Crippen molar-refractivity contribution >= 4 is 50.6 Å². The van der Waals surface area contributed by atoms with Crippen LogP contribution in [-0.2, 0) is 26.5 Å². The summed E-state index contributed by atoms with van der Waals surface area (Å²) in [6.45, 7) is 3.16. The van der Waals surface area contributed by atoms with Gasteiger partial charge in [-0.1, -0.05) is 36.7 Å². The molecule has 2 amide bonds. The number of carbonyl (C=O) groups excluding carboxylic acids is 2. The van der Waals surface area contributed by atoms with E-state index >= 15 is 0 Å². The van der Waals surface area contributed by atoms with Gasteiger partial charge in [0.2, 0.25) is 0 Å². The first-order valence-corrected chi connectivity index (χ1v) is 19.1. The van der Waals surface area contributed by atoms with Crippen LogP contribution in [0.2, 0.25) is 5.02 Å². The molecule has 1 saturated carbocycles. The first kappa shape index (κ1) is 32.3. The highest BCUT2D eigenvalue weighted by Crippen LogP contribution is 2.49. The Morgan fingerprint density at radius 3 is 2.87 bits per heavy atom. The van der Waals surface area contributed by atoms with E-state index in [0.29, 0.717) is 30.9 Å². The monoisotopic (exact) mass is 694 g/mol. The van der Waals surface area contributed by atoms with Gasteiger partial charge in [-0.15, -0.1) is 4.36 Å². The molecule has 2 unspecified atom stereocenters. The van der Waals surface area contributed by atoms with E-state index < -0.39 is 21.7 Å². The van der Waals surface area contributed by atoms with Crippen LogP contribution in [-0.4, -0.2) is 58.6 Å². The third-order valence-electron chi connectivity index (χ3n) is 10.2. The summed E-state index contributed by atoms with van der Waals surface area (Å²) in [5.41, 5.74) is 3.66. The van der Waals surface area contributed by atoms with E-state index in [9.17, 15) is 13.8 Å². The summed E-state index contributed by atoms with van der Waals surface area (Å²) in [7, 11) is -1.73. The maximum Gasteiger partial charge on any atom is 0.286 e. The molecule has 6 atom stereocenters. The molecule has 2 bridgehead atoms. The number of nitrogens with zero attached hydrogens (tertiary/aromatic N) is 3. The van der Waals surface area contributed by atoms with E-state index in [1.165, 1.54) is 17.3 Å². The first-order valence-electron chi connectivity index (χ1n) is 16.2. The number of fused-ring (bicyclic) bond motifs is 5. The third-order valence-corrected chi connectivity index (χ3v) is 13.0. The summed E-state index contributed by atoms with van der Waals surface area (Å²) in [6, 6.07) is 11.7. The Bertz CT molecular complexity index is 1840. The fourth-order valence-corrected chi connectivity index (χ4v) is 10.3. The van der Waals surface area contributed by atoms with E-state index in [4.69, 9.17) is 21.1 Å². The van der Waals surface area contributed by atoms with Gasteiger partial charge in [0.25, 0.3) is 11.8 Å². The Morgan fingerprint density at radius 1 is 1.23 bits per heavy atom. The number of anilines is 1. The minimum absolute atomic E-state index is 0.0161. The number of carbonyl (C=O) groups is 2. The fourth-order valence-electron chi connectivity index (χ4n) is 7.70. The Kier molecular flexibility index (Phi) is 8.93. The Labute approximate surface area is 285 Å². The van der Waals surface area contributed by atoms with Gasteiger partial charge in [0.1, 0.15) is 15.7 Å². The highest BCUT2D eigenvalue weighted by molar-refractivity contribution is 7.92. The number of halogens is 1. The number of allylic oxidation sites excluding steroid dienone is 1. The van der Waals surface area contributed by atoms with Crippen molar-refractivity contribution in [1.82, 2.24) is 9.10 Å². The molecule has 0 radical (unpaired) electrons. The summed E-state index contributed by atoms with van der Waals surface area (Å²) < 4.78 is 37.8. The molecule has 9 nitrogen and oxygen atoms in total. The van der Waals surface area contributed by atoms with Gasteiger partial charge < -0.3 is 14.4 Å². The number of amides is 2. The van der Waals surface area contributed by atoms with Crippen LogP contribution in [0.5, 0.6) is 5.75 Å². The number of nitrogens with one attached hydrogen (secondary N) is 1. The molecule has 1 N–H and O–H groups in total. The lowest BCUT2D eigenvalue weighted by molar-refractivity contribution is 0.0354. The molecule has 12 heteroatoms. The Morgan fingerprint density at radius 2 is 2.11 bits per heavy atom. The van der Waals surface area contributed by atoms with Crippen molar-refractivity contribution in [3.8, 4) is 5.75 Å². The van der Waals surface area contributed by atoms with Crippen molar-refractivity contribution in [3.05, 3.63) is 87.4 Å². The Balaban J connectivity index is 1.33. The van der Waals surface area contributed by atoms with Gasteiger partial charge in [0.15, 0.2) is 0 Å². The second-order valence-corrected chi connectivity index (χ2v) is 16.5. The second-order valence-electron chi connectivity index (χ2n) is 13.4. The van der Waals surface area contributed by atoms with Crippen LogP contribution < -0.4 is 14.4 Å². The zero-order valence-corrected chi connectivity index (χ0v) is 28.9. The van der Waals surface area contributed by atoms with Gasteiger partial charge in [0, 0.05) is 47.0 Å². The molecule has 4 aliphatic rings. The van der Waals surface area contributed by atoms with Crippen molar-refractivity contribution in [2.75, 3.05) is 30.9 Å². The number of ether oxygens (including phenoxy) is 2. The molecule has 1 fully saturated rings. The number of aryl methyl sites for hydroxylation is 1. The normalized spacial score (nSPS) is 31.0. The van der Waals surface area contributed by atoms with Crippen molar-refractivity contribution in [2.24, 2.45) is 16.2 Å². The lowest BCUT2D eigenvalue weighted by atomic mass is 9.68. The number of methoxy groups -OCH3 is 1. The van der Waals surface area contributed by atoms with Gasteiger partial charge >= 0.3 is 0 Å². The lowest BCUT2D eigenvalue weighted by Gasteiger charge is -2.50. The number of hydrogen-bond acceptors (Lipinski definition) is 8. The predicted octanol–water partition coefficient (Wildman–Crippen LogP) is 6.61. The SMILES string of the molecule is CO[C@H]1/C=C/C[C@H](C)CS(=O)(NC(=O)c2cnsc2)=NC(=O)c2ccc3c(c2)N(C[C@@]2(CCCc4cc(Cl)ccc42)CO3)C2CC[C@H]21. The average Bonchev–Trinajstić information content (AvgIpc) is 3.52.